The van der Waals surface area contributed by atoms with E-state index in [1.54, 1.807) is 6.20 Å². The van der Waals surface area contributed by atoms with Crippen LogP contribution in [0.3, 0.4) is 0 Å². The monoisotopic (exact) mass is 576 g/mol. The van der Waals surface area contributed by atoms with Crippen molar-refractivity contribution in [2.45, 2.75) is 32.2 Å². The predicted octanol–water partition coefficient (Wildman–Crippen LogP) is 1.81. The van der Waals surface area contributed by atoms with Gasteiger partial charge in [-0.2, -0.15) is 9.40 Å². The summed E-state index contributed by atoms with van der Waals surface area (Å²) in [5, 5.41) is 10.8. The Bertz CT molecular complexity index is 931. The van der Waals surface area contributed by atoms with E-state index in [1.807, 2.05) is 48.1 Å². The first-order valence-electron chi connectivity index (χ1n) is 10.7. The standard InChI is InChI=1S/C21H32N6O3S.HI/c1-2-22-21(23-9-5-11-26-12-6-10-25-26)24-17-19-7-3-4-8-20(19)18-31(28,29)27-13-15-30-16-14-27;/h3-4,6-8,10,12H,2,5,9,11,13-18H2,1H3,(H2,22,23,24);1H. The van der Waals surface area contributed by atoms with Crippen LogP contribution in [0.5, 0.6) is 0 Å². The van der Waals surface area contributed by atoms with Gasteiger partial charge in [0, 0.05) is 45.1 Å². The van der Waals surface area contributed by atoms with Crippen molar-refractivity contribution < 1.29 is 13.2 Å². The topological polar surface area (TPSA) is 101 Å². The lowest BCUT2D eigenvalue weighted by Gasteiger charge is -2.26. The van der Waals surface area contributed by atoms with Gasteiger partial charge in [0.1, 0.15) is 0 Å². The molecule has 0 radical (unpaired) electrons. The molecule has 1 aromatic heterocycles. The van der Waals surface area contributed by atoms with Crippen LogP contribution < -0.4 is 10.6 Å². The molecule has 0 bridgehead atoms. The molecule has 0 unspecified atom stereocenters. The molecule has 0 atom stereocenters. The maximum absolute atomic E-state index is 12.8. The highest BCUT2D eigenvalue weighted by atomic mass is 127. The molecule has 0 spiro atoms. The van der Waals surface area contributed by atoms with Crippen LogP contribution in [0, 0.1) is 0 Å². The number of rotatable bonds is 10. The first kappa shape index (κ1) is 26.6. The number of nitrogens with zero attached hydrogens (tertiary/aromatic N) is 4. The normalized spacial score (nSPS) is 15.2. The molecule has 2 N–H and O–H groups in total. The lowest BCUT2D eigenvalue weighted by atomic mass is 10.1. The maximum Gasteiger partial charge on any atom is 0.218 e. The van der Waals surface area contributed by atoms with Crippen LogP contribution >= 0.6 is 24.0 Å². The smallest absolute Gasteiger partial charge is 0.218 e. The fourth-order valence-corrected chi connectivity index (χ4v) is 4.91. The fraction of sp³-hybridized carbons (Fsp3) is 0.524. The van der Waals surface area contributed by atoms with Crippen molar-refractivity contribution in [1.82, 2.24) is 24.7 Å². The highest BCUT2D eigenvalue weighted by Crippen LogP contribution is 2.17. The predicted molar refractivity (Wildman–Crippen MR) is 137 cm³/mol. The van der Waals surface area contributed by atoms with Crippen molar-refractivity contribution in [3.8, 4) is 0 Å². The summed E-state index contributed by atoms with van der Waals surface area (Å²) in [4.78, 5) is 4.67. The number of halogens is 1. The number of aliphatic imine (C=N–C) groups is 1. The average Bonchev–Trinajstić information content (AvgIpc) is 3.30. The molecule has 1 aromatic carbocycles. The number of ether oxygens (including phenoxy) is 1. The first-order chi connectivity index (χ1) is 15.1. The number of morpholine rings is 1. The maximum atomic E-state index is 12.8. The molecule has 0 amide bonds. The summed E-state index contributed by atoms with van der Waals surface area (Å²) < 4.78 is 34.3. The molecular formula is C21H33IN6O3S. The SMILES string of the molecule is CCNC(=NCc1ccccc1CS(=O)(=O)N1CCOCC1)NCCCn1cccn1.I. The Labute approximate surface area is 207 Å². The van der Waals surface area contributed by atoms with Crippen LogP contribution in [-0.2, 0) is 33.6 Å². The summed E-state index contributed by atoms with van der Waals surface area (Å²) in [6.45, 7) is 6.49. The average molecular weight is 577 g/mol. The molecule has 32 heavy (non-hydrogen) atoms. The van der Waals surface area contributed by atoms with E-state index in [0.717, 1.165) is 37.2 Å². The van der Waals surface area contributed by atoms with Gasteiger partial charge in [-0.05, 0) is 30.5 Å². The van der Waals surface area contributed by atoms with Gasteiger partial charge in [-0.3, -0.25) is 4.68 Å². The van der Waals surface area contributed by atoms with Crippen molar-refractivity contribution in [2.75, 3.05) is 39.4 Å². The van der Waals surface area contributed by atoms with Gasteiger partial charge < -0.3 is 15.4 Å². The quantitative estimate of drug-likeness (QED) is 0.194. The molecule has 9 nitrogen and oxygen atoms in total. The van der Waals surface area contributed by atoms with Gasteiger partial charge in [-0.15, -0.1) is 24.0 Å². The fourth-order valence-electron chi connectivity index (χ4n) is 3.35. The number of guanidine groups is 1. The summed E-state index contributed by atoms with van der Waals surface area (Å²) in [5.74, 6) is 0.695. The summed E-state index contributed by atoms with van der Waals surface area (Å²) in [6.07, 6.45) is 4.64. The molecule has 3 rings (SSSR count). The highest BCUT2D eigenvalue weighted by molar-refractivity contribution is 14.0. The van der Waals surface area contributed by atoms with Crippen LogP contribution in [0.1, 0.15) is 24.5 Å². The van der Waals surface area contributed by atoms with Crippen molar-refractivity contribution >= 4 is 40.0 Å². The Morgan fingerprint density at radius 1 is 1.16 bits per heavy atom. The zero-order valence-electron chi connectivity index (χ0n) is 18.4. The summed E-state index contributed by atoms with van der Waals surface area (Å²) >= 11 is 0. The highest BCUT2D eigenvalue weighted by Gasteiger charge is 2.25. The second-order valence-electron chi connectivity index (χ2n) is 7.28. The van der Waals surface area contributed by atoms with Crippen molar-refractivity contribution in [2.24, 2.45) is 4.99 Å². The van der Waals surface area contributed by atoms with Crippen LogP contribution in [0.25, 0.3) is 0 Å². The van der Waals surface area contributed by atoms with Gasteiger partial charge in [0.05, 0.1) is 25.5 Å². The molecule has 1 aliphatic heterocycles. The number of benzene rings is 1. The van der Waals surface area contributed by atoms with Gasteiger partial charge in [0.15, 0.2) is 5.96 Å². The minimum atomic E-state index is -3.38. The number of aryl methyl sites for hydroxylation is 1. The third-order valence-corrected chi connectivity index (χ3v) is 6.81. The van der Waals surface area contributed by atoms with E-state index in [4.69, 9.17) is 4.74 Å². The Hall–Kier alpha value is -1.70. The van der Waals surface area contributed by atoms with Crippen LogP contribution in [-0.4, -0.2) is 67.9 Å². The molecule has 2 heterocycles. The van der Waals surface area contributed by atoms with E-state index in [2.05, 4.69) is 20.7 Å². The van der Waals surface area contributed by atoms with Crippen molar-refractivity contribution in [3.05, 3.63) is 53.9 Å². The molecular weight excluding hydrogens is 543 g/mol. The van der Waals surface area contributed by atoms with Crippen molar-refractivity contribution in [3.63, 3.8) is 0 Å². The van der Waals surface area contributed by atoms with E-state index < -0.39 is 10.0 Å². The number of hydrogen-bond acceptors (Lipinski definition) is 5. The zero-order valence-corrected chi connectivity index (χ0v) is 21.6. The minimum absolute atomic E-state index is 0. The Balaban J connectivity index is 0.00000363. The Kier molecular flexibility index (Phi) is 11.4. The van der Waals surface area contributed by atoms with Gasteiger partial charge >= 0.3 is 0 Å². The molecule has 11 heteroatoms. The first-order valence-corrected chi connectivity index (χ1v) is 12.3. The number of nitrogens with one attached hydrogen (secondary N) is 2. The second kappa shape index (κ2) is 13.8. The van der Waals surface area contributed by atoms with E-state index in [-0.39, 0.29) is 29.7 Å². The molecule has 1 aliphatic rings. The molecule has 0 saturated carbocycles. The van der Waals surface area contributed by atoms with Gasteiger partial charge in [0.2, 0.25) is 10.0 Å². The van der Waals surface area contributed by atoms with E-state index in [1.165, 1.54) is 4.31 Å². The third-order valence-electron chi connectivity index (χ3n) is 4.99. The lowest BCUT2D eigenvalue weighted by molar-refractivity contribution is 0.0729. The molecule has 0 aliphatic carbocycles. The molecule has 1 fully saturated rings. The molecule has 178 valence electrons. The Morgan fingerprint density at radius 3 is 2.59 bits per heavy atom. The summed E-state index contributed by atoms with van der Waals surface area (Å²) in [6, 6.07) is 9.51. The second-order valence-corrected chi connectivity index (χ2v) is 9.25. The number of aromatic nitrogens is 2. The van der Waals surface area contributed by atoms with E-state index >= 15 is 0 Å². The number of hydrogen-bond donors (Lipinski definition) is 2. The van der Waals surface area contributed by atoms with Crippen LogP contribution in [0.15, 0.2) is 47.7 Å². The van der Waals surface area contributed by atoms with Crippen molar-refractivity contribution in [1.29, 1.82) is 0 Å². The molecule has 2 aromatic rings. The summed E-state index contributed by atoms with van der Waals surface area (Å²) in [7, 11) is -3.38. The van der Waals surface area contributed by atoms with E-state index in [9.17, 15) is 8.42 Å². The number of sulfonamides is 1. The largest absolute Gasteiger partial charge is 0.379 e. The van der Waals surface area contributed by atoms with Gasteiger partial charge in [-0.1, -0.05) is 24.3 Å². The third kappa shape index (κ3) is 8.34. The molecule has 1 saturated heterocycles. The minimum Gasteiger partial charge on any atom is -0.379 e. The van der Waals surface area contributed by atoms with Crippen LogP contribution in [0.4, 0.5) is 0 Å². The Morgan fingerprint density at radius 2 is 1.91 bits per heavy atom. The zero-order chi connectivity index (χ0) is 21.9. The van der Waals surface area contributed by atoms with Crippen LogP contribution in [0.2, 0.25) is 0 Å². The lowest BCUT2D eigenvalue weighted by Crippen LogP contribution is -2.41. The van der Waals surface area contributed by atoms with Gasteiger partial charge in [-0.25, -0.2) is 13.4 Å². The van der Waals surface area contributed by atoms with Gasteiger partial charge in [0.25, 0.3) is 0 Å². The summed E-state index contributed by atoms with van der Waals surface area (Å²) in [5.41, 5.74) is 1.69. The van der Waals surface area contributed by atoms with E-state index in [0.29, 0.717) is 38.8 Å².